The summed E-state index contributed by atoms with van der Waals surface area (Å²) in [4.78, 5) is 25.3. The molecule has 7 heteroatoms. The van der Waals surface area contributed by atoms with Gasteiger partial charge in [-0.05, 0) is 49.4 Å². The number of rotatable bonds is 5. The zero-order valence-electron chi connectivity index (χ0n) is 15.4. The molecule has 2 aromatic heterocycles. The first kappa shape index (κ1) is 18.8. The highest BCUT2D eigenvalue weighted by Crippen LogP contribution is 2.31. The lowest BCUT2D eigenvalue weighted by atomic mass is 10.1. The van der Waals surface area contributed by atoms with Crippen LogP contribution in [0.5, 0.6) is 5.75 Å². The van der Waals surface area contributed by atoms with Gasteiger partial charge in [-0.3, -0.25) is 9.59 Å². The molecule has 1 N–H and O–H groups in total. The number of nitrogens with one attached hydrogen (secondary N) is 1. The van der Waals surface area contributed by atoms with Gasteiger partial charge in [-0.15, -0.1) is 0 Å². The fourth-order valence-electron chi connectivity index (χ4n) is 2.89. The van der Waals surface area contributed by atoms with Crippen molar-refractivity contribution in [2.45, 2.75) is 6.92 Å². The van der Waals surface area contributed by atoms with Crippen LogP contribution in [0.15, 0.2) is 74.5 Å². The maximum absolute atomic E-state index is 13.0. The van der Waals surface area contributed by atoms with Crippen LogP contribution in [-0.2, 0) is 4.79 Å². The Morgan fingerprint density at radius 1 is 1.14 bits per heavy atom. The minimum Gasteiger partial charge on any atom is -0.476 e. The Morgan fingerprint density at radius 3 is 2.76 bits per heavy atom. The number of hydrogen-bond acceptors (Lipinski definition) is 5. The minimum atomic E-state index is -0.443. The summed E-state index contributed by atoms with van der Waals surface area (Å²) in [6.45, 7) is 1.49. The molecule has 0 radical (unpaired) electrons. The molecular formula is C22H16ClNO5. The average Bonchev–Trinajstić information content (AvgIpc) is 3.22. The Kier molecular flexibility index (Phi) is 5.10. The third kappa shape index (κ3) is 4.02. The second kappa shape index (κ2) is 7.85. The highest BCUT2D eigenvalue weighted by atomic mass is 35.5. The summed E-state index contributed by atoms with van der Waals surface area (Å²) in [5.41, 5.74) is 1.46. The van der Waals surface area contributed by atoms with E-state index in [0.29, 0.717) is 27.4 Å². The molecule has 4 rings (SSSR count). The topological polar surface area (TPSA) is 81.7 Å². The van der Waals surface area contributed by atoms with Crippen molar-refractivity contribution in [1.82, 2.24) is 0 Å². The fourth-order valence-corrected chi connectivity index (χ4v) is 3.08. The molecule has 1 amide bonds. The second-order valence-corrected chi connectivity index (χ2v) is 6.85. The van der Waals surface area contributed by atoms with Gasteiger partial charge in [0.2, 0.25) is 16.9 Å². The van der Waals surface area contributed by atoms with Gasteiger partial charge in [0.05, 0.1) is 11.6 Å². The number of fused-ring (bicyclic) bond motifs is 1. The Balaban J connectivity index is 1.66. The van der Waals surface area contributed by atoms with Crippen LogP contribution in [0.1, 0.15) is 5.56 Å². The van der Waals surface area contributed by atoms with E-state index >= 15 is 0 Å². The van der Waals surface area contributed by atoms with E-state index in [4.69, 9.17) is 25.2 Å². The predicted molar refractivity (Wildman–Crippen MR) is 110 cm³/mol. The molecule has 0 aliphatic carbocycles. The zero-order valence-corrected chi connectivity index (χ0v) is 16.2. The monoisotopic (exact) mass is 409 g/mol. The van der Waals surface area contributed by atoms with Gasteiger partial charge in [0, 0.05) is 10.7 Å². The summed E-state index contributed by atoms with van der Waals surface area (Å²) < 4.78 is 16.8. The minimum absolute atomic E-state index is 0.0840. The molecule has 0 fully saturated rings. The molecule has 146 valence electrons. The van der Waals surface area contributed by atoms with Gasteiger partial charge in [0.15, 0.2) is 12.4 Å². The van der Waals surface area contributed by atoms with E-state index in [-0.39, 0.29) is 23.5 Å². The molecular weight excluding hydrogens is 394 g/mol. The smallest absolute Gasteiger partial charge is 0.262 e. The normalized spacial score (nSPS) is 10.8. The SMILES string of the molecule is Cc1ccc2oc(-c3ccco3)c(OCC(=O)Nc3cccc(Cl)c3)c(=O)c2c1. The van der Waals surface area contributed by atoms with Crippen LogP contribution < -0.4 is 15.5 Å². The van der Waals surface area contributed by atoms with Crippen molar-refractivity contribution in [3.63, 3.8) is 0 Å². The number of ether oxygens (including phenoxy) is 1. The zero-order chi connectivity index (χ0) is 20.4. The second-order valence-electron chi connectivity index (χ2n) is 6.41. The Bertz CT molecular complexity index is 1240. The summed E-state index contributed by atoms with van der Waals surface area (Å²) in [5, 5.41) is 3.53. The fraction of sp³-hybridized carbons (Fsp3) is 0.0909. The van der Waals surface area contributed by atoms with Crippen LogP contribution in [0.2, 0.25) is 5.02 Å². The van der Waals surface area contributed by atoms with Gasteiger partial charge in [-0.2, -0.15) is 0 Å². The Labute approximate surface area is 170 Å². The number of amides is 1. The highest BCUT2D eigenvalue weighted by molar-refractivity contribution is 6.30. The van der Waals surface area contributed by atoms with Gasteiger partial charge < -0.3 is 18.9 Å². The van der Waals surface area contributed by atoms with Crippen molar-refractivity contribution >= 4 is 34.2 Å². The van der Waals surface area contributed by atoms with E-state index in [1.54, 1.807) is 48.5 Å². The molecule has 0 atom stereocenters. The molecule has 2 heterocycles. The molecule has 0 saturated heterocycles. The molecule has 0 spiro atoms. The van der Waals surface area contributed by atoms with E-state index in [9.17, 15) is 9.59 Å². The maximum atomic E-state index is 13.0. The van der Waals surface area contributed by atoms with E-state index in [0.717, 1.165) is 5.56 Å². The van der Waals surface area contributed by atoms with Crippen LogP contribution in [0.3, 0.4) is 0 Å². The van der Waals surface area contributed by atoms with Crippen molar-refractivity contribution in [3.05, 3.63) is 81.7 Å². The first-order valence-corrected chi connectivity index (χ1v) is 9.18. The number of furan rings is 1. The van der Waals surface area contributed by atoms with E-state index < -0.39 is 5.91 Å². The quantitative estimate of drug-likeness (QED) is 0.499. The molecule has 0 bridgehead atoms. The van der Waals surface area contributed by atoms with Crippen LogP contribution in [0.25, 0.3) is 22.5 Å². The van der Waals surface area contributed by atoms with Crippen molar-refractivity contribution in [1.29, 1.82) is 0 Å². The van der Waals surface area contributed by atoms with Gasteiger partial charge >= 0.3 is 0 Å². The lowest BCUT2D eigenvalue weighted by molar-refractivity contribution is -0.118. The number of anilines is 1. The summed E-state index contributed by atoms with van der Waals surface area (Å²) in [6, 6.07) is 15.3. The lowest BCUT2D eigenvalue weighted by Crippen LogP contribution is -2.22. The maximum Gasteiger partial charge on any atom is 0.262 e. The van der Waals surface area contributed by atoms with Gasteiger partial charge in [-0.25, -0.2) is 0 Å². The molecule has 0 aliphatic heterocycles. The van der Waals surface area contributed by atoms with E-state index in [2.05, 4.69) is 5.32 Å². The molecule has 0 unspecified atom stereocenters. The number of aryl methyl sites for hydroxylation is 1. The first-order chi connectivity index (χ1) is 14.0. The lowest BCUT2D eigenvalue weighted by Gasteiger charge is -2.11. The van der Waals surface area contributed by atoms with E-state index in [1.807, 2.05) is 13.0 Å². The van der Waals surface area contributed by atoms with Crippen molar-refractivity contribution in [3.8, 4) is 17.3 Å². The van der Waals surface area contributed by atoms with Crippen molar-refractivity contribution < 1.29 is 18.4 Å². The summed E-state index contributed by atoms with van der Waals surface area (Å²) >= 11 is 5.92. The number of carbonyl (C=O) groups excluding carboxylic acids is 1. The molecule has 0 aliphatic rings. The molecule has 4 aromatic rings. The molecule has 0 saturated carbocycles. The number of benzene rings is 2. The number of halogens is 1. The standard InChI is InChI=1S/C22H16ClNO5/c1-13-7-8-17-16(10-13)20(26)22(21(29-17)18-6-3-9-27-18)28-12-19(25)24-15-5-2-4-14(23)11-15/h2-11H,12H2,1H3,(H,24,25). The number of carbonyl (C=O) groups is 1. The van der Waals surface area contributed by atoms with Crippen LogP contribution in [0, 0.1) is 6.92 Å². The van der Waals surface area contributed by atoms with Crippen LogP contribution >= 0.6 is 11.6 Å². The first-order valence-electron chi connectivity index (χ1n) is 8.81. The van der Waals surface area contributed by atoms with Gasteiger partial charge in [0.1, 0.15) is 5.58 Å². The molecule has 6 nitrogen and oxygen atoms in total. The van der Waals surface area contributed by atoms with E-state index in [1.165, 1.54) is 6.26 Å². The molecule has 29 heavy (non-hydrogen) atoms. The Morgan fingerprint density at radius 2 is 2.00 bits per heavy atom. The van der Waals surface area contributed by atoms with Gasteiger partial charge in [-0.1, -0.05) is 29.3 Å². The average molecular weight is 410 g/mol. The van der Waals surface area contributed by atoms with Gasteiger partial charge in [0.25, 0.3) is 5.91 Å². The predicted octanol–water partition coefficient (Wildman–Crippen LogP) is 5.03. The Hall–Kier alpha value is -3.51. The number of hydrogen-bond donors (Lipinski definition) is 1. The highest BCUT2D eigenvalue weighted by Gasteiger charge is 2.20. The third-order valence-corrected chi connectivity index (χ3v) is 4.44. The van der Waals surface area contributed by atoms with Crippen LogP contribution in [0.4, 0.5) is 5.69 Å². The largest absolute Gasteiger partial charge is 0.476 e. The third-order valence-electron chi connectivity index (χ3n) is 4.21. The van der Waals surface area contributed by atoms with Crippen molar-refractivity contribution in [2.24, 2.45) is 0 Å². The van der Waals surface area contributed by atoms with Crippen molar-refractivity contribution in [2.75, 3.05) is 11.9 Å². The summed E-state index contributed by atoms with van der Waals surface area (Å²) in [6.07, 6.45) is 1.46. The molecule has 2 aromatic carbocycles. The summed E-state index contributed by atoms with van der Waals surface area (Å²) in [7, 11) is 0. The van der Waals surface area contributed by atoms with Crippen LogP contribution in [-0.4, -0.2) is 12.5 Å². The summed E-state index contributed by atoms with van der Waals surface area (Å²) in [5.74, 6) is -0.0672.